The molecule has 0 saturated carbocycles. The van der Waals surface area contributed by atoms with Crippen molar-refractivity contribution >= 4 is 29.2 Å². The second-order valence-electron chi connectivity index (χ2n) is 5.06. The molecular weight excluding hydrogens is 318 g/mol. The topological polar surface area (TPSA) is 55.8 Å². The van der Waals surface area contributed by atoms with Crippen LogP contribution >= 0.6 is 11.6 Å². The van der Waals surface area contributed by atoms with Gasteiger partial charge in [0.15, 0.2) is 6.61 Å². The second kappa shape index (κ2) is 6.30. The van der Waals surface area contributed by atoms with Crippen molar-refractivity contribution in [2.45, 2.75) is 6.54 Å². The molecule has 1 heterocycles. The summed E-state index contributed by atoms with van der Waals surface area (Å²) in [5.74, 6) is -0.0115. The van der Waals surface area contributed by atoms with Crippen LogP contribution in [-0.4, -0.2) is 25.6 Å². The van der Waals surface area contributed by atoms with Crippen molar-refractivity contribution < 1.29 is 19.1 Å². The van der Waals surface area contributed by atoms with Crippen LogP contribution in [-0.2, 0) is 16.1 Å². The Hall–Kier alpha value is -2.53. The monoisotopic (exact) mass is 331 g/mol. The molecule has 0 atom stereocenters. The minimum Gasteiger partial charge on any atom is -0.483 e. The smallest absolute Gasteiger partial charge is 0.337 e. The van der Waals surface area contributed by atoms with Gasteiger partial charge < -0.3 is 14.4 Å². The maximum Gasteiger partial charge on any atom is 0.337 e. The van der Waals surface area contributed by atoms with E-state index in [0.29, 0.717) is 28.6 Å². The zero-order valence-corrected chi connectivity index (χ0v) is 13.2. The number of esters is 1. The first kappa shape index (κ1) is 15.4. The molecule has 0 radical (unpaired) electrons. The summed E-state index contributed by atoms with van der Waals surface area (Å²) < 4.78 is 10.2. The number of hydrogen-bond donors (Lipinski definition) is 0. The molecule has 2 aromatic rings. The maximum atomic E-state index is 12.4. The van der Waals surface area contributed by atoms with Crippen LogP contribution in [0.4, 0.5) is 5.69 Å². The Balaban J connectivity index is 1.98. The lowest BCUT2D eigenvalue weighted by atomic mass is 10.1. The first-order valence-corrected chi connectivity index (χ1v) is 7.36. The van der Waals surface area contributed by atoms with Crippen molar-refractivity contribution in [2.75, 3.05) is 18.6 Å². The van der Waals surface area contributed by atoms with Crippen molar-refractivity contribution in [3.63, 3.8) is 0 Å². The Morgan fingerprint density at radius 3 is 2.87 bits per heavy atom. The summed E-state index contributed by atoms with van der Waals surface area (Å²) in [6.07, 6.45) is 0. The highest BCUT2D eigenvalue weighted by Crippen LogP contribution is 2.29. The van der Waals surface area contributed by atoms with Crippen molar-refractivity contribution in [1.29, 1.82) is 0 Å². The van der Waals surface area contributed by atoms with Crippen LogP contribution in [0, 0.1) is 0 Å². The van der Waals surface area contributed by atoms with Gasteiger partial charge in [0.05, 0.1) is 19.2 Å². The summed E-state index contributed by atoms with van der Waals surface area (Å²) >= 11 is 6.03. The molecule has 23 heavy (non-hydrogen) atoms. The van der Waals surface area contributed by atoms with Gasteiger partial charge in [0.1, 0.15) is 5.75 Å². The number of carbonyl (C=O) groups is 2. The van der Waals surface area contributed by atoms with Gasteiger partial charge in [0, 0.05) is 16.3 Å². The molecule has 1 aliphatic rings. The van der Waals surface area contributed by atoms with E-state index in [1.165, 1.54) is 7.11 Å². The highest BCUT2D eigenvalue weighted by molar-refractivity contribution is 6.30. The van der Waals surface area contributed by atoms with Gasteiger partial charge >= 0.3 is 5.97 Å². The van der Waals surface area contributed by atoms with E-state index >= 15 is 0 Å². The Morgan fingerprint density at radius 2 is 2.09 bits per heavy atom. The van der Waals surface area contributed by atoms with Crippen LogP contribution < -0.4 is 9.64 Å². The highest BCUT2D eigenvalue weighted by atomic mass is 35.5. The highest BCUT2D eigenvalue weighted by Gasteiger charge is 2.23. The third-order valence-electron chi connectivity index (χ3n) is 3.58. The maximum absolute atomic E-state index is 12.4. The molecule has 3 rings (SSSR count). The molecule has 0 N–H and O–H groups in total. The van der Waals surface area contributed by atoms with E-state index in [2.05, 4.69) is 0 Å². The molecule has 0 saturated heterocycles. The molecule has 0 fully saturated rings. The number of fused-ring (bicyclic) bond motifs is 1. The van der Waals surface area contributed by atoms with Crippen LogP contribution in [0.15, 0.2) is 42.5 Å². The van der Waals surface area contributed by atoms with Crippen molar-refractivity contribution in [1.82, 2.24) is 0 Å². The zero-order chi connectivity index (χ0) is 16.4. The Morgan fingerprint density at radius 1 is 1.26 bits per heavy atom. The fraction of sp³-hybridized carbons (Fsp3) is 0.176. The van der Waals surface area contributed by atoms with E-state index in [1.807, 2.05) is 0 Å². The lowest BCUT2D eigenvalue weighted by molar-refractivity contribution is -0.120. The average Bonchev–Trinajstić information content (AvgIpc) is 2.73. The predicted molar refractivity (Wildman–Crippen MR) is 85.9 cm³/mol. The minimum absolute atomic E-state index is 0.0723. The summed E-state index contributed by atoms with van der Waals surface area (Å²) in [6, 6.07) is 12.0. The number of amides is 1. The second-order valence-corrected chi connectivity index (χ2v) is 5.50. The largest absolute Gasteiger partial charge is 0.483 e. The molecule has 118 valence electrons. The van der Waals surface area contributed by atoms with E-state index in [-0.39, 0.29) is 12.5 Å². The summed E-state index contributed by atoms with van der Waals surface area (Å²) in [7, 11) is 1.32. The van der Waals surface area contributed by atoms with Crippen molar-refractivity contribution in [3.8, 4) is 5.75 Å². The van der Waals surface area contributed by atoms with E-state index in [9.17, 15) is 9.59 Å². The van der Waals surface area contributed by atoms with Gasteiger partial charge in [-0.3, -0.25) is 4.79 Å². The number of halogens is 1. The summed E-state index contributed by atoms with van der Waals surface area (Å²) in [5.41, 5.74) is 1.80. The number of anilines is 1. The molecule has 1 amide bonds. The van der Waals surface area contributed by atoms with E-state index in [0.717, 1.165) is 5.56 Å². The van der Waals surface area contributed by atoms with Gasteiger partial charge in [0.2, 0.25) is 0 Å². The van der Waals surface area contributed by atoms with Gasteiger partial charge in [0.25, 0.3) is 5.91 Å². The molecule has 0 aliphatic carbocycles. The van der Waals surface area contributed by atoms with Crippen LogP contribution in [0.5, 0.6) is 5.75 Å². The molecular formula is C17H14ClNO4. The average molecular weight is 332 g/mol. The van der Waals surface area contributed by atoms with Gasteiger partial charge in [-0.25, -0.2) is 4.79 Å². The van der Waals surface area contributed by atoms with E-state index in [4.69, 9.17) is 21.1 Å². The summed E-state index contributed by atoms with van der Waals surface area (Å²) in [5, 5.41) is 0.574. The lowest BCUT2D eigenvalue weighted by Crippen LogP contribution is -2.32. The van der Waals surface area contributed by atoms with Gasteiger partial charge in [-0.1, -0.05) is 17.7 Å². The SMILES string of the molecule is COC(=O)c1cccc(N2Cc3cc(Cl)ccc3OCC2=O)c1. The minimum atomic E-state index is -0.450. The van der Waals surface area contributed by atoms with E-state index in [1.54, 1.807) is 47.4 Å². The molecule has 0 bridgehead atoms. The first-order valence-electron chi connectivity index (χ1n) is 6.98. The van der Waals surface area contributed by atoms with Crippen LogP contribution in [0.2, 0.25) is 5.02 Å². The Bertz CT molecular complexity index is 775. The van der Waals surface area contributed by atoms with E-state index < -0.39 is 5.97 Å². The fourth-order valence-corrected chi connectivity index (χ4v) is 2.64. The number of benzene rings is 2. The third kappa shape index (κ3) is 3.14. The number of methoxy groups -OCH3 is 1. The molecule has 0 spiro atoms. The molecule has 0 aromatic heterocycles. The normalized spacial score (nSPS) is 13.8. The summed E-state index contributed by atoms with van der Waals surface area (Å²) in [4.78, 5) is 25.6. The first-order chi connectivity index (χ1) is 11.1. The Labute approximate surface area is 138 Å². The number of rotatable bonds is 2. The molecule has 1 aliphatic heterocycles. The zero-order valence-electron chi connectivity index (χ0n) is 12.4. The quantitative estimate of drug-likeness (QED) is 0.794. The number of nitrogens with zero attached hydrogens (tertiary/aromatic N) is 1. The van der Waals surface area contributed by atoms with Crippen LogP contribution in [0.1, 0.15) is 15.9 Å². The molecule has 6 heteroatoms. The van der Waals surface area contributed by atoms with Gasteiger partial charge in [-0.05, 0) is 36.4 Å². The number of carbonyl (C=O) groups excluding carboxylic acids is 2. The number of hydrogen-bond acceptors (Lipinski definition) is 4. The number of ether oxygens (including phenoxy) is 2. The fourth-order valence-electron chi connectivity index (χ4n) is 2.44. The lowest BCUT2D eigenvalue weighted by Gasteiger charge is -2.20. The van der Waals surface area contributed by atoms with Gasteiger partial charge in [-0.2, -0.15) is 0 Å². The Kier molecular flexibility index (Phi) is 4.21. The molecule has 0 unspecified atom stereocenters. The standard InChI is InChI=1S/C17H14ClNO4/c1-22-17(21)11-3-2-4-14(8-11)19-9-12-7-13(18)5-6-15(12)23-10-16(19)20/h2-8H,9-10H2,1H3. The van der Waals surface area contributed by atoms with Crippen molar-refractivity contribution in [3.05, 3.63) is 58.6 Å². The predicted octanol–water partition coefficient (Wildman–Crippen LogP) is 3.05. The summed E-state index contributed by atoms with van der Waals surface area (Å²) in [6.45, 7) is 0.246. The molecule has 2 aromatic carbocycles. The third-order valence-corrected chi connectivity index (χ3v) is 3.82. The van der Waals surface area contributed by atoms with Crippen LogP contribution in [0.25, 0.3) is 0 Å². The van der Waals surface area contributed by atoms with Crippen molar-refractivity contribution in [2.24, 2.45) is 0 Å². The molecule has 5 nitrogen and oxygen atoms in total. The van der Waals surface area contributed by atoms with Gasteiger partial charge in [-0.15, -0.1) is 0 Å². The van der Waals surface area contributed by atoms with Crippen LogP contribution in [0.3, 0.4) is 0 Å².